The molecule has 0 unspecified atom stereocenters. The molecule has 6 nitrogen and oxygen atoms in total. The van der Waals surface area contributed by atoms with E-state index in [2.05, 4.69) is 15.2 Å². The van der Waals surface area contributed by atoms with E-state index in [-0.39, 0.29) is 36.3 Å². The smallest absolute Gasteiger partial charge is 0.336 e. The summed E-state index contributed by atoms with van der Waals surface area (Å²) in [6.07, 6.45) is 8.37. The van der Waals surface area contributed by atoms with Crippen molar-refractivity contribution in [3.63, 3.8) is 0 Å². The molecule has 2 aliphatic rings. The number of pyridine rings is 1. The standard InChI is InChI=1S/C21H23N3O3.2ClH/c1-14-2-3-15(12-17(14)20(26)27)23-19(25)16-4-9-22-13-18(16)24-10-7-21(5-6-21)8-11-24;;/h2-4,9,12-13H,5-8,10-11H2,1H3,(H,23,25)(H,26,27);2*1H. The van der Waals surface area contributed by atoms with Crippen molar-refractivity contribution >= 4 is 48.1 Å². The number of aryl methyl sites for hydroxylation is 1. The maximum Gasteiger partial charge on any atom is 0.336 e. The molecule has 1 spiro atoms. The number of hydrogen-bond donors (Lipinski definition) is 2. The fraction of sp³-hybridized carbons (Fsp3) is 0.381. The number of carbonyl (C=O) groups is 2. The van der Waals surface area contributed by atoms with E-state index >= 15 is 0 Å². The second-order valence-electron chi connectivity index (χ2n) is 7.67. The molecule has 1 saturated carbocycles. The Morgan fingerprint density at radius 2 is 1.76 bits per heavy atom. The van der Waals surface area contributed by atoms with Gasteiger partial charge in [-0.3, -0.25) is 9.78 Å². The van der Waals surface area contributed by atoms with E-state index in [9.17, 15) is 14.7 Å². The van der Waals surface area contributed by atoms with E-state index in [1.165, 1.54) is 31.7 Å². The van der Waals surface area contributed by atoms with Crippen LogP contribution >= 0.6 is 24.8 Å². The van der Waals surface area contributed by atoms with Gasteiger partial charge in [0.25, 0.3) is 5.91 Å². The molecule has 1 aliphatic carbocycles. The summed E-state index contributed by atoms with van der Waals surface area (Å²) in [5.74, 6) is -1.25. The van der Waals surface area contributed by atoms with Gasteiger partial charge in [0.05, 0.1) is 23.0 Å². The Bertz CT molecular complexity index is 906. The molecular weight excluding hydrogens is 413 g/mol. The van der Waals surface area contributed by atoms with Gasteiger partial charge in [-0.25, -0.2) is 4.79 Å². The fourth-order valence-electron chi connectivity index (χ4n) is 3.86. The van der Waals surface area contributed by atoms with Gasteiger partial charge >= 0.3 is 5.97 Å². The Labute approximate surface area is 182 Å². The average Bonchev–Trinajstić information content (AvgIpc) is 3.42. The summed E-state index contributed by atoms with van der Waals surface area (Å²) in [4.78, 5) is 30.6. The molecule has 8 heteroatoms. The quantitative estimate of drug-likeness (QED) is 0.731. The van der Waals surface area contributed by atoms with Crippen LogP contribution in [-0.4, -0.2) is 35.1 Å². The van der Waals surface area contributed by atoms with Crippen molar-refractivity contribution in [1.82, 2.24) is 4.98 Å². The average molecular weight is 438 g/mol. The molecule has 2 N–H and O–H groups in total. The van der Waals surface area contributed by atoms with Crippen LogP contribution in [0.15, 0.2) is 36.7 Å². The summed E-state index contributed by atoms with van der Waals surface area (Å²) in [5.41, 5.74) is 3.29. The Balaban J connectivity index is 0.00000150. The molecule has 4 rings (SSSR count). The zero-order valence-electron chi connectivity index (χ0n) is 16.2. The number of nitrogens with zero attached hydrogens (tertiary/aromatic N) is 2. The van der Waals surface area contributed by atoms with Crippen molar-refractivity contribution in [2.75, 3.05) is 23.3 Å². The predicted molar refractivity (Wildman–Crippen MR) is 118 cm³/mol. The van der Waals surface area contributed by atoms with E-state index in [1.54, 1.807) is 37.5 Å². The summed E-state index contributed by atoms with van der Waals surface area (Å²) in [5, 5.41) is 12.1. The maximum absolute atomic E-state index is 12.9. The lowest BCUT2D eigenvalue weighted by atomic mass is 9.93. The van der Waals surface area contributed by atoms with Gasteiger partial charge in [-0.1, -0.05) is 6.07 Å². The molecule has 1 aromatic carbocycles. The Hall–Kier alpha value is -2.31. The second-order valence-corrected chi connectivity index (χ2v) is 7.67. The third kappa shape index (κ3) is 4.82. The first-order valence-corrected chi connectivity index (χ1v) is 9.32. The third-order valence-electron chi connectivity index (χ3n) is 5.89. The van der Waals surface area contributed by atoms with Crippen LogP contribution in [0.5, 0.6) is 0 Å². The number of carboxylic acid groups (broad SMARTS) is 1. The minimum absolute atomic E-state index is 0. The SMILES string of the molecule is Cc1ccc(NC(=O)c2ccncc2N2CCC3(CC2)CC3)cc1C(=O)O.Cl.Cl. The van der Waals surface area contributed by atoms with Crippen LogP contribution in [0.1, 0.15) is 52.0 Å². The Kier molecular flexibility index (Phi) is 7.14. The van der Waals surface area contributed by atoms with Crippen molar-refractivity contribution in [3.05, 3.63) is 53.3 Å². The number of rotatable bonds is 4. The second kappa shape index (κ2) is 9.01. The molecule has 0 atom stereocenters. The number of amides is 1. The lowest BCUT2D eigenvalue weighted by Crippen LogP contribution is -2.35. The first kappa shape index (κ1) is 23.0. The number of benzene rings is 1. The number of hydrogen-bond acceptors (Lipinski definition) is 4. The van der Waals surface area contributed by atoms with Crippen LogP contribution in [0.2, 0.25) is 0 Å². The number of carbonyl (C=O) groups excluding carboxylic acids is 1. The van der Waals surface area contributed by atoms with E-state index in [0.29, 0.717) is 22.2 Å². The zero-order valence-corrected chi connectivity index (χ0v) is 17.8. The summed E-state index contributed by atoms with van der Waals surface area (Å²) >= 11 is 0. The van der Waals surface area contributed by atoms with Crippen LogP contribution in [0.25, 0.3) is 0 Å². The van der Waals surface area contributed by atoms with Crippen molar-refractivity contribution in [1.29, 1.82) is 0 Å². The number of carboxylic acids is 1. The summed E-state index contributed by atoms with van der Waals surface area (Å²) < 4.78 is 0. The van der Waals surface area contributed by atoms with Crippen LogP contribution in [0.4, 0.5) is 11.4 Å². The lowest BCUT2D eigenvalue weighted by Gasteiger charge is -2.34. The van der Waals surface area contributed by atoms with Gasteiger partial charge in [-0.15, -0.1) is 24.8 Å². The molecule has 2 heterocycles. The highest BCUT2D eigenvalue weighted by Crippen LogP contribution is 2.54. The zero-order chi connectivity index (χ0) is 19.0. The molecule has 156 valence electrons. The number of nitrogens with one attached hydrogen (secondary N) is 1. The van der Waals surface area contributed by atoms with Crippen LogP contribution < -0.4 is 10.2 Å². The molecular formula is C21H25Cl2N3O3. The number of aromatic nitrogens is 1. The number of halogens is 2. The van der Waals surface area contributed by atoms with Gasteiger partial charge in [0.15, 0.2) is 0 Å². The summed E-state index contributed by atoms with van der Waals surface area (Å²) in [6, 6.07) is 6.64. The lowest BCUT2D eigenvalue weighted by molar-refractivity contribution is 0.0695. The number of anilines is 2. The molecule has 1 aliphatic heterocycles. The van der Waals surface area contributed by atoms with Gasteiger partial charge in [0.2, 0.25) is 0 Å². The molecule has 1 saturated heterocycles. The summed E-state index contributed by atoms with van der Waals surface area (Å²) in [6.45, 7) is 3.62. The first-order chi connectivity index (χ1) is 13.0. The van der Waals surface area contributed by atoms with Gasteiger partial charge < -0.3 is 15.3 Å². The van der Waals surface area contributed by atoms with Gasteiger partial charge in [-0.05, 0) is 61.8 Å². The topological polar surface area (TPSA) is 82.5 Å². The van der Waals surface area contributed by atoms with E-state index in [4.69, 9.17) is 0 Å². The highest BCUT2D eigenvalue weighted by Gasteiger charge is 2.44. The number of piperidine rings is 1. The third-order valence-corrected chi connectivity index (χ3v) is 5.89. The van der Waals surface area contributed by atoms with Crippen molar-refractivity contribution in [2.45, 2.75) is 32.6 Å². The van der Waals surface area contributed by atoms with Crippen molar-refractivity contribution in [3.8, 4) is 0 Å². The first-order valence-electron chi connectivity index (χ1n) is 9.32. The van der Waals surface area contributed by atoms with Crippen molar-refractivity contribution < 1.29 is 14.7 Å². The minimum Gasteiger partial charge on any atom is -0.478 e. The normalized spacial score (nSPS) is 16.4. The highest BCUT2D eigenvalue weighted by molar-refractivity contribution is 6.08. The van der Waals surface area contributed by atoms with Crippen LogP contribution in [0, 0.1) is 12.3 Å². The highest BCUT2D eigenvalue weighted by atomic mass is 35.5. The van der Waals surface area contributed by atoms with E-state index < -0.39 is 5.97 Å². The molecule has 1 aromatic heterocycles. The largest absolute Gasteiger partial charge is 0.478 e. The fourth-order valence-corrected chi connectivity index (χ4v) is 3.86. The van der Waals surface area contributed by atoms with Crippen molar-refractivity contribution in [2.24, 2.45) is 5.41 Å². The molecule has 1 amide bonds. The van der Waals surface area contributed by atoms with Crippen LogP contribution in [-0.2, 0) is 0 Å². The van der Waals surface area contributed by atoms with Gasteiger partial charge in [0, 0.05) is 25.0 Å². The monoisotopic (exact) mass is 437 g/mol. The van der Waals surface area contributed by atoms with Crippen LogP contribution in [0.3, 0.4) is 0 Å². The molecule has 29 heavy (non-hydrogen) atoms. The predicted octanol–water partition coefficient (Wildman–Crippen LogP) is 4.56. The molecule has 2 fully saturated rings. The molecule has 0 radical (unpaired) electrons. The van der Waals surface area contributed by atoms with E-state index in [1.807, 2.05) is 0 Å². The Morgan fingerprint density at radius 1 is 1.07 bits per heavy atom. The van der Waals surface area contributed by atoms with Gasteiger partial charge in [-0.2, -0.15) is 0 Å². The van der Waals surface area contributed by atoms with E-state index in [0.717, 1.165) is 18.8 Å². The summed E-state index contributed by atoms with van der Waals surface area (Å²) in [7, 11) is 0. The number of aromatic carboxylic acids is 1. The maximum atomic E-state index is 12.9. The minimum atomic E-state index is -1.00. The Morgan fingerprint density at radius 3 is 2.38 bits per heavy atom. The molecule has 2 aromatic rings. The molecule has 0 bridgehead atoms. The van der Waals surface area contributed by atoms with Gasteiger partial charge in [0.1, 0.15) is 0 Å².